The number of fused-ring (bicyclic) bond motifs is 1. The molecule has 2 heterocycles. The molecule has 0 spiro atoms. The van der Waals surface area contributed by atoms with Gasteiger partial charge in [0.05, 0.1) is 16.9 Å². The van der Waals surface area contributed by atoms with E-state index in [0.29, 0.717) is 17.8 Å². The molecule has 8 nitrogen and oxygen atoms in total. The van der Waals surface area contributed by atoms with Crippen molar-refractivity contribution in [3.05, 3.63) is 52.4 Å². The van der Waals surface area contributed by atoms with Gasteiger partial charge in [-0.3, -0.25) is 15.1 Å². The van der Waals surface area contributed by atoms with Crippen LogP contribution in [0.15, 0.2) is 35.3 Å². The number of nitro benzene ring substituents is 1. The predicted octanol–water partition coefficient (Wildman–Crippen LogP) is 2.45. The zero-order valence-corrected chi connectivity index (χ0v) is 11.1. The van der Waals surface area contributed by atoms with Crippen LogP contribution in [0.3, 0.4) is 0 Å². The van der Waals surface area contributed by atoms with E-state index in [9.17, 15) is 10.1 Å². The second-order valence-electron chi connectivity index (χ2n) is 4.46. The van der Waals surface area contributed by atoms with Crippen molar-refractivity contribution in [2.24, 2.45) is 0 Å². The maximum Gasteiger partial charge on any atom is 0.278 e. The first kappa shape index (κ1) is 13.0. The van der Waals surface area contributed by atoms with E-state index in [4.69, 9.17) is 0 Å². The first-order valence-corrected chi connectivity index (χ1v) is 6.18. The summed E-state index contributed by atoms with van der Waals surface area (Å²) < 4.78 is 4.66. The Balaban J connectivity index is 2.04. The van der Waals surface area contributed by atoms with Gasteiger partial charge in [0.15, 0.2) is 5.82 Å². The van der Waals surface area contributed by atoms with Gasteiger partial charge in [-0.25, -0.2) is 0 Å². The predicted molar refractivity (Wildman–Crippen MR) is 74.8 cm³/mol. The van der Waals surface area contributed by atoms with E-state index in [0.717, 1.165) is 16.8 Å². The Labute approximate surface area is 119 Å². The third kappa shape index (κ3) is 2.50. The second-order valence-corrected chi connectivity index (χ2v) is 4.46. The molecule has 1 aromatic carbocycles. The van der Waals surface area contributed by atoms with Crippen molar-refractivity contribution in [1.82, 2.24) is 15.1 Å². The molecule has 0 saturated carbocycles. The van der Waals surface area contributed by atoms with Gasteiger partial charge in [-0.05, 0) is 19.1 Å². The Kier molecular flexibility index (Phi) is 3.19. The molecule has 0 aliphatic rings. The number of anilines is 1. The number of aromatic nitrogens is 3. The number of hydrogen-bond donors (Lipinski definition) is 1. The van der Waals surface area contributed by atoms with Crippen LogP contribution in [-0.4, -0.2) is 20.0 Å². The maximum absolute atomic E-state index is 11.1. The van der Waals surface area contributed by atoms with Gasteiger partial charge in [-0.2, -0.15) is 4.98 Å². The van der Waals surface area contributed by atoms with Crippen LogP contribution in [0.5, 0.6) is 0 Å². The Hall–Kier alpha value is -3.03. The summed E-state index contributed by atoms with van der Waals surface area (Å²) in [5.41, 5.74) is 1.57. The fourth-order valence-electron chi connectivity index (χ4n) is 2.09. The fourth-order valence-corrected chi connectivity index (χ4v) is 2.09. The van der Waals surface area contributed by atoms with Gasteiger partial charge < -0.3 is 9.84 Å². The van der Waals surface area contributed by atoms with Crippen LogP contribution in [0.4, 0.5) is 11.4 Å². The third-order valence-electron chi connectivity index (χ3n) is 3.06. The van der Waals surface area contributed by atoms with E-state index in [1.807, 2.05) is 6.92 Å². The highest BCUT2D eigenvalue weighted by atomic mass is 16.6. The number of pyridine rings is 1. The van der Waals surface area contributed by atoms with Crippen LogP contribution in [0.25, 0.3) is 10.8 Å². The molecule has 3 aromatic rings. The molecule has 0 radical (unpaired) electrons. The van der Waals surface area contributed by atoms with Crippen LogP contribution in [-0.2, 0) is 6.54 Å². The highest BCUT2D eigenvalue weighted by molar-refractivity contribution is 5.99. The minimum Gasteiger partial charge on any atom is -0.377 e. The number of rotatable bonds is 4. The molecule has 0 saturated heterocycles. The van der Waals surface area contributed by atoms with Crippen LogP contribution < -0.4 is 5.32 Å². The minimum atomic E-state index is -0.414. The molecule has 2 aromatic heterocycles. The van der Waals surface area contributed by atoms with E-state index in [2.05, 4.69) is 25.0 Å². The van der Waals surface area contributed by atoms with Crippen LogP contribution in [0.2, 0.25) is 0 Å². The smallest absolute Gasteiger partial charge is 0.278 e. The van der Waals surface area contributed by atoms with Crippen molar-refractivity contribution >= 4 is 22.1 Å². The van der Waals surface area contributed by atoms with Crippen LogP contribution in [0.1, 0.15) is 11.5 Å². The van der Waals surface area contributed by atoms with Gasteiger partial charge >= 0.3 is 0 Å². The lowest BCUT2D eigenvalue weighted by atomic mass is 10.1. The maximum atomic E-state index is 11.1. The second kappa shape index (κ2) is 5.16. The van der Waals surface area contributed by atoms with E-state index < -0.39 is 4.92 Å². The summed E-state index contributed by atoms with van der Waals surface area (Å²) >= 11 is 0. The van der Waals surface area contributed by atoms with Crippen molar-refractivity contribution in [2.75, 3.05) is 5.32 Å². The molecular formula is C13H11N5O3. The molecule has 0 unspecified atom stereocenters. The molecule has 21 heavy (non-hydrogen) atoms. The zero-order chi connectivity index (χ0) is 14.8. The van der Waals surface area contributed by atoms with E-state index >= 15 is 0 Å². The molecule has 0 aliphatic heterocycles. The number of non-ortho nitro benzene ring substituents is 1. The standard InChI is InChI=1S/C13H11N5O3/c1-8-4-9-10(5-14-8)12(18(19)20)3-2-11(9)15-6-13-16-7-21-17-13/h2-5,7,15H,6H2,1H3. The molecule has 0 aliphatic carbocycles. The monoisotopic (exact) mass is 285 g/mol. The number of benzene rings is 1. The number of nitro groups is 1. The molecule has 106 valence electrons. The molecule has 3 rings (SSSR count). The Bertz CT molecular complexity index is 801. The summed E-state index contributed by atoms with van der Waals surface area (Å²) in [6.45, 7) is 2.20. The quantitative estimate of drug-likeness (QED) is 0.579. The molecule has 1 N–H and O–H groups in total. The SMILES string of the molecule is Cc1cc2c(NCc3ncon3)ccc([N+](=O)[O-])c2cn1. The molecule has 0 atom stereocenters. The lowest BCUT2D eigenvalue weighted by Gasteiger charge is -2.09. The van der Waals surface area contributed by atoms with E-state index in [1.54, 1.807) is 12.1 Å². The average molecular weight is 285 g/mol. The zero-order valence-electron chi connectivity index (χ0n) is 11.1. The average Bonchev–Trinajstić information content (AvgIpc) is 2.97. The van der Waals surface area contributed by atoms with Gasteiger partial charge in [0.2, 0.25) is 6.39 Å². The number of hydrogen-bond acceptors (Lipinski definition) is 7. The lowest BCUT2D eigenvalue weighted by molar-refractivity contribution is -0.383. The van der Waals surface area contributed by atoms with Gasteiger partial charge in [-0.15, -0.1) is 0 Å². The first-order valence-electron chi connectivity index (χ1n) is 6.18. The van der Waals surface area contributed by atoms with E-state index in [-0.39, 0.29) is 5.69 Å². The van der Waals surface area contributed by atoms with Gasteiger partial charge in [0, 0.05) is 29.0 Å². The van der Waals surface area contributed by atoms with Crippen LogP contribution in [0, 0.1) is 17.0 Å². The van der Waals surface area contributed by atoms with Crippen molar-refractivity contribution in [2.45, 2.75) is 13.5 Å². The molecular weight excluding hydrogens is 274 g/mol. The topological polar surface area (TPSA) is 107 Å². The molecule has 0 fully saturated rings. The summed E-state index contributed by atoms with van der Waals surface area (Å²) in [6, 6.07) is 4.93. The van der Waals surface area contributed by atoms with Crippen LogP contribution >= 0.6 is 0 Å². The summed E-state index contributed by atoms with van der Waals surface area (Å²) in [5.74, 6) is 0.507. The van der Waals surface area contributed by atoms with Crippen molar-refractivity contribution in [3.8, 4) is 0 Å². The molecule has 0 amide bonds. The Morgan fingerprint density at radius 2 is 2.19 bits per heavy atom. The van der Waals surface area contributed by atoms with Crippen molar-refractivity contribution in [1.29, 1.82) is 0 Å². The fraction of sp³-hybridized carbons (Fsp3) is 0.154. The molecule has 8 heteroatoms. The van der Waals surface area contributed by atoms with Gasteiger partial charge in [0.1, 0.15) is 0 Å². The number of aryl methyl sites for hydroxylation is 1. The first-order chi connectivity index (χ1) is 10.1. The van der Waals surface area contributed by atoms with Gasteiger partial charge in [0.25, 0.3) is 5.69 Å². The third-order valence-corrected chi connectivity index (χ3v) is 3.06. The Morgan fingerprint density at radius 1 is 1.33 bits per heavy atom. The number of nitrogens with one attached hydrogen (secondary N) is 1. The summed E-state index contributed by atoms with van der Waals surface area (Å²) in [4.78, 5) is 18.7. The summed E-state index contributed by atoms with van der Waals surface area (Å²) in [7, 11) is 0. The Morgan fingerprint density at radius 3 is 2.90 bits per heavy atom. The number of nitrogens with zero attached hydrogens (tertiary/aromatic N) is 4. The van der Waals surface area contributed by atoms with Gasteiger partial charge in [-0.1, -0.05) is 5.16 Å². The largest absolute Gasteiger partial charge is 0.377 e. The van der Waals surface area contributed by atoms with Crippen molar-refractivity contribution in [3.63, 3.8) is 0 Å². The summed E-state index contributed by atoms with van der Waals surface area (Å²) in [6.07, 6.45) is 2.77. The normalized spacial score (nSPS) is 10.7. The van der Waals surface area contributed by atoms with Crippen molar-refractivity contribution < 1.29 is 9.45 Å². The summed E-state index contributed by atoms with van der Waals surface area (Å²) in [5, 5.41) is 19.2. The highest BCUT2D eigenvalue weighted by Crippen LogP contribution is 2.31. The van der Waals surface area contributed by atoms with E-state index in [1.165, 1.54) is 18.7 Å². The lowest BCUT2D eigenvalue weighted by Crippen LogP contribution is -2.02. The minimum absolute atomic E-state index is 0.0302. The molecule has 0 bridgehead atoms. The highest BCUT2D eigenvalue weighted by Gasteiger charge is 2.15.